The van der Waals surface area contributed by atoms with E-state index in [0.717, 1.165) is 0 Å². The summed E-state index contributed by atoms with van der Waals surface area (Å²) in [6.07, 6.45) is 0.707. The molecule has 0 fully saturated rings. The van der Waals surface area contributed by atoms with E-state index in [2.05, 4.69) is 4.74 Å². The fourth-order valence-corrected chi connectivity index (χ4v) is 0.810. The molecule has 0 radical (unpaired) electrons. The van der Waals surface area contributed by atoms with E-state index in [1.165, 1.54) is 7.11 Å². The van der Waals surface area contributed by atoms with Gasteiger partial charge in [-0.25, -0.2) is 0 Å². The maximum atomic E-state index is 11.5. The summed E-state index contributed by atoms with van der Waals surface area (Å²) >= 11 is 0. The molecule has 0 N–H and O–H groups in total. The molecular formula is C11H20O4. The van der Waals surface area contributed by atoms with Gasteiger partial charge in [0.05, 0.1) is 18.4 Å². The lowest BCUT2D eigenvalue weighted by Gasteiger charge is -2.21. The molecule has 15 heavy (non-hydrogen) atoms. The molecule has 4 heteroatoms. The maximum absolute atomic E-state index is 11.5. The molecule has 0 aliphatic heterocycles. The number of ether oxygens (including phenoxy) is 2. The molecule has 0 aromatic rings. The van der Waals surface area contributed by atoms with E-state index in [0.29, 0.717) is 6.42 Å². The third-order valence-electron chi connectivity index (χ3n) is 2.50. The van der Waals surface area contributed by atoms with Gasteiger partial charge in [0.25, 0.3) is 0 Å². The quantitative estimate of drug-likeness (QED) is 0.657. The van der Waals surface area contributed by atoms with Crippen molar-refractivity contribution in [1.82, 2.24) is 0 Å². The lowest BCUT2D eigenvalue weighted by Crippen LogP contribution is -2.29. The summed E-state index contributed by atoms with van der Waals surface area (Å²) < 4.78 is 9.57. The molecule has 0 aromatic carbocycles. The Morgan fingerprint density at radius 3 is 2.27 bits per heavy atom. The van der Waals surface area contributed by atoms with Crippen LogP contribution in [0.15, 0.2) is 0 Å². The van der Waals surface area contributed by atoms with Crippen LogP contribution in [0.25, 0.3) is 0 Å². The molecule has 0 amide bonds. The van der Waals surface area contributed by atoms with Crippen molar-refractivity contribution in [2.24, 2.45) is 11.3 Å². The van der Waals surface area contributed by atoms with Crippen molar-refractivity contribution in [2.75, 3.05) is 13.7 Å². The molecule has 0 spiro atoms. The summed E-state index contributed by atoms with van der Waals surface area (Å²) in [6.45, 7) is 7.30. The minimum absolute atomic E-state index is 0.0783. The van der Waals surface area contributed by atoms with Gasteiger partial charge in [0.15, 0.2) is 0 Å². The van der Waals surface area contributed by atoms with Crippen LogP contribution in [0.4, 0.5) is 0 Å². The van der Waals surface area contributed by atoms with Gasteiger partial charge in [0, 0.05) is 0 Å². The fraction of sp³-hybridized carbons (Fsp3) is 0.818. The van der Waals surface area contributed by atoms with Crippen molar-refractivity contribution in [3.63, 3.8) is 0 Å². The number of hydrogen-bond acceptors (Lipinski definition) is 4. The number of carbonyl (C=O) groups excluding carboxylic acids is 2. The van der Waals surface area contributed by atoms with Gasteiger partial charge >= 0.3 is 11.9 Å². The van der Waals surface area contributed by atoms with Crippen LogP contribution in [0.3, 0.4) is 0 Å². The molecule has 88 valence electrons. The van der Waals surface area contributed by atoms with Crippen LogP contribution in [-0.4, -0.2) is 25.7 Å². The van der Waals surface area contributed by atoms with Crippen molar-refractivity contribution >= 4 is 11.9 Å². The third-order valence-corrected chi connectivity index (χ3v) is 2.50. The summed E-state index contributed by atoms with van der Waals surface area (Å²) in [6, 6.07) is 0. The Balaban J connectivity index is 4.07. The third kappa shape index (κ3) is 4.32. The lowest BCUT2D eigenvalue weighted by atomic mass is 9.91. The Kier molecular flexibility index (Phi) is 5.33. The second-order valence-corrected chi connectivity index (χ2v) is 4.26. The monoisotopic (exact) mass is 216 g/mol. The normalized spacial score (nSPS) is 13.1. The summed E-state index contributed by atoms with van der Waals surface area (Å²) in [5.74, 6) is -1.05. The lowest BCUT2D eigenvalue weighted by molar-refractivity contribution is -0.159. The van der Waals surface area contributed by atoms with E-state index in [-0.39, 0.29) is 18.5 Å². The predicted molar refractivity (Wildman–Crippen MR) is 56.2 cm³/mol. The van der Waals surface area contributed by atoms with E-state index in [9.17, 15) is 9.59 Å². The van der Waals surface area contributed by atoms with E-state index in [1.54, 1.807) is 6.92 Å². The van der Waals surface area contributed by atoms with Gasteiger partial charge in [-0.1, -0.05) is 6.92 Å². The number of rotatable bonds is 5. The average Bonchev–Trinajstić information content (AvgIpc) is 2.23. The molecular weight excluding hydrogens is 196 g/mol. The zero-order chi connectivity index (χ0) is 12.1. The van der Waals surface area contributed by atoms with Gasteiger partial charge in [0.1, 0.15) is 6.61 Å². The number of esters is 2. The van der Waals surface area contributed by atoms with E-state index >= 15 is 0 Å². The first-order valence-corrected chi connectivity index (χ1v) is 5.10. The Morgan fingerprint density at radius 2 is 1.87 bits per heavy atom. The van der Waals surface area contributed by atoms with Gasteiger partial charge in [-0.2, -0.15) is 0 Å². The molecule has 0 saturated carbocycles. The van der Waals surface area contributed by atoms with Crippen LogP contribution >= 0.6 is 0 Å². The molecule has 1 unspecified atom stereocenters. The van der Waals surface area contributed by atoms with Gasteiger partial charge in [-0.3, -0.25) is 9.59 Å². The molecule has 4 nitrogen and oxygen atoms in total. The molecule has 0 bridgehead atoms. The molecule has 0 aliphatic rings. The van der Waals surface area contributed by atoms with Crippen LogP contribution in [0, 0.1) is 11.3 Å². The van der Waals surface area contributed by atoms with Crippen molar-refractivity contribution in [3.05, 3.63) is 0 Å². The van der Waals surface area contributed by atoms with E-state index < -0.39 is 11.3 Å². The maximum Gasteiger partial charge on any atom is 0.311 e. The van der Waals surface area contributed by atoms with Gasteiger partial charge in [-0.15, -0.1) is 0 Å². The predicted octanol–water partition coefficient (Wildman–Crippen LogP) is 1.77. The van der Waals surface area contributed by atoms with Crippen LogP contribution in [0.5, 0.6) is 0 Å². The van der Waals surface area contributed by atoms with Crippen LogP contribution in [0.1, 0.15) is 34.1 Å². The average molecular weight is 216 g/mol. The molecule has 0 saturated heterocycles. The topological polar surface area (TPSA) is 52.6 Å². The highest BCUT2D eigenvalue weighted by molar-refractivity contribution is 5.77. The largest absolute Gasteiger partial charge is 0.469 e. The minimum atomic E-state index is -0.490. The standard InChI is InChI=1S/C11H20O4/c1-6-11(3,4)10(13)15-7-8(2)9(12)14-5/h8H,6-7H2,1-5H3. The molecule has 0 heterocycles. The first-order valence-electron chi connectivity index (χ1n) is 5.10. The first-order chi connectivity index (χ1) is 6.85. The Labute approximate surface area is 90.9 Å². The Bertz CT molecular complexity index is 233. The first kappa shape index (κ1) is 13.9. The van der Waals surface area contributed by atoms with Gasteiger partial charge in [0.2, 0.25) is 0 Å². The van der Waals surface area contributed by atoms with Crippen LogP contribution < -0.4 is 0 Å². The fourth-order valence-electron chi connectivity index (χ4n) is 0.810. The van der Waals surface area contributed by atoms with Crippen LogP contribution in [0.2, 0.25) is 0 Å². The van der Waals surface area contributed by atoms with E-state index in [4.69, 9.17) is 4.74 Å². The molecule has 0 rings (SSSR count). The van der Waals surface area contributed by atoms with Crippen molar-refractivity contribution in [2.45, 2.75) is 34.1 Å². The summed E-state index contributed by atoms with van der Waals surface area (Å²) in [5, 5.41) is 0. The van der Waals surface area contributed by atoms with Crippen molar-refractivity contribution in [3.8, 4) is 0 Å². The Morgan fingerprint density at radius 1 is 1.33 bits per heavy atom. The molecule has 0 aromatic heterocycles. The van der Waals surface area contributed by atoms with Crippen molar-refractivity contribution in [1.29, 1.82) is 0 Å². The summed E-state index contributed by atoms with van der Waals surface area (Å²) in [4.78, 5) is 22.6. The SMILES string of the molecule is CCC(C)(C)C(=O)OCC(C)C(=O)OC. The van der Waals surface area contributed by atoms with Gasteiger partial charge < -0.3 is 9.47 Å². The van der Waals surface area contributed by atoms with Crippen LogP contribution in [-0.2, 0) is 19.1 Å². The van der Waals surface area contributed by atoms with Gasteiger partial charge in [-0.05, 0) is 27.2 Å². The Hall–Kier alpha value is -1.06. The minimum Gasteiger partial charge on any atom is -0.469 e. The highest BCUT2D eigenvalue weighted by atomic mass is 16.5. The highest BCUT2D eigenvalue weighted by Gasteiger charge is 2.28. The number of carbonyl (C=O) groups is 2. The zero-order valence-electron chi connectivity index (χ0n) is 10.1. The molecule has 1 atom stereocenters. The highest BCUT2D eigenvalue weighted by Crippen LogP contribution is 2.21. The summed E-state index contributed by atoms with van der Waals surface area (Å²) in [7, 11) is 1.32. The molecule has 0 aliphatic carbocycles. The summed E-state index contributed by atoms with van der Waals surface area (Å²) in [5.41, 5.74) is -0.490. The zero-order valence-corrected chi connectivity index (χ0v) is 10.1. The number of hydrogen-bond donors (Lipinski definition) is 0. The smallest absolute Gasteiger partial charge is 0.311 e. The van der Waals surface area contributed by atoms with E-state index in [1.807, 2.05) is 20.8 Å². The van der Waals surface area contributed by atoms with Crippen molar-refractivity contribution < 1.29 is 19.1 Å². The second kappa shape index (κ2) is 5.73. The second-order valence-electron chi connectivity index (χ2n) is 4.26. The number of methoxy groups -OCH3 is 1.